The fourth-order valence-corrected chi connectivity index (χ4v) is 4.04. The van der Waals surface area contributed by atoms with Gasteiger partial charge in [-0.1, -0.05) is 13.8 Å². The van der Waals surface area contributed by atoms with Crippen molar-refractivity contribution in [2.24, 2.45) is 5.41 Å². The molecule has 27 heavy (non-hydrogen) atoms. The monoisotopic (exact) mass is 388 g/mol. The molecule has 1 aliphatic carbocycles. The van der Waals surface area contributed by atoms with Crippen LogP contribution in [0.5, 0.6) is 0 Å². The molecule has 2 aliphatic rings. The van der Waals surface area contributed by atoms with E-state index in [1.807, 2.05) is 13.8 Å². The maximum Gasteiger partial charge on any atom is 0.187 e. The Labute approximate surface area is 159 Å². The van der Waals surface area contributed by atoms with Crippen LogP contribution in [0.2, 0.25) is 0 Å². The molecular formula is C19H32O8. The Hall–Kier alpha value is -0.800. The maximum absolute atomic E-state index is 10.7. The lowest BCUT2D eigenvalue weighted by Gasteiger charge is -2.43. The van der Waals surface area contributed by atoms with Crippen molar-refractivity contribution >= 4 is 0 Å². The number of hydrogen-bond donors (Lipinski definition) is 6. The summed E-state index contributed by atoms with van der Waals surface area (Å²) in [5.74, 6) is 0. The molecular weight excluding hydrogens is 356 g/mol. The Morgan fingerprint density at radius 3 is 2.33 bits per heavy atom. The van der Waals surface area contributed by atoms with E-state index in [4.69, 9.17) is 9.47 Å². The SMILES string of the molecule is CC(C=C=C1C(C)(C)CC(O)CC1(C)O)O[C@@H]1O[C@H](CO)[C@@H](O)[C@H](O)[C@H]1O. The fourth-order valence-electron chi connectivity index (χ4n) is 4.04. The standard InChI is InChI=1S/C19H32O8/c1-10(26-17-16(24)15(23)14(22)12(9-20)27-17)5-6-13-18(2,3)7-11(21)8-19(13,4)25/h5,10-12,14-17,20-25H,7-9H2,1-4H3/t6?,10?,11?,12-,14-,15+,16-,17-,19?/m1/s1. The second-order valence-corrected chi connectivity index (χ2v) is 8.44. The molecule has 8 nitrogen and oxygen atoms in total. The number of aliphatic hydroxyl groups excluding tert-OH is 5. The van der Waals surface area contributed by atoms with E-state index in [9.17, 15) is 30.6 Å². The third kappa shape index (κ3) is 4.98. The minimum Gasteiger partial charge on any atom is -0.394 e. The van der Waals surface area contributed by atoms with E-state index in [0.29, 0.717) is 12.0 Å². The van der Waals surface area contributed by atoms with Gasteiger partial charge in [0, 0.05) is 12.0 Å². The number of hydrogen-bond acceptors (Lipinski definition) is 8. The summed E-state index contributed by atoms with van der Waals surface area (Å²) in [6.45, 7) is 6.62. The van der Waals surface area contributed by atoms with Crippen LogP contribution in [0.4, 0.5) is 0 Å². The van der Waals surface area contributed by atoms with Crippen LogP contribution >= 0.6 is 0 Å². The van der Waals surface area contributed by atoms with Crippen LogP contribution < -0.4 is 0 Å². The first kappa shape index (κ1) is 22.5. The van der Waals surface area contributed by atoms with Gasteiger partial charge in [-0.2, -0.15) is 0 Å². The van der Waals surface area contributed by atoms with Crippen molar-refractivity contribution in [3.8, 4) is 0 Å². The Kier molecular flexibility index (Phi) is 6.90. The van der Waals surface area contributed by atoms with Crippen LogP contribution in [0.25, 0.3) is 0 Å². The van der Waals surface area contributed by atoms with E-state index in [0.717, 1.165) is 0 Å². The van der Waals surface area contributed by atoms with Crippen molar-refractivity contribution in [2.75, 3.05) is 6.61 Å². The summed E-state index contributed by atoms with van der Waals surface area (Å²) < 4.78 is 10.9. The van der Waals surface area contributed by atoms with Crippen LogP contribution in [0, 0.1) is 5.41 Å². The lowest BCUT2D eigenvalue weighted by atomic mass is 9.65. The second kappa shape index (κ2) is 8.29. The largest absolute Gasteiger partial charge is 0.394 e. The summed E-state index contributed by atoms with van der Waals surface area (Å²) in [4.78, 5) is 0. The first-order chi connectivity index (χ1) is 12.4. The summed E-state index contributed by atoms with van der Waals surface area (Å²) in [5, 5.41) is 59.5. The van der Waals surface area contributed by atoms with Gasteiger partial charge in [-0.25, -0.2) is 0 Å². The van der Waals surface area contributed by atoms with Crippen LogP contribution in [0.15, 0.2) is 17.4 Å². The van der Waals surface area contributed by atoms with Crippen molar-refractivity contribution in [2.45, 2.75) is 89.1 Å². The molecule has 0 radical (unpaired) electrons. The molecule has 2 rings (SSSR count). The Morgan fingerprint density at radius 2 is 1.78 bits per heavy atom. The molecule has 0 aromatic heterocycles. The van der Waals surface area contributed by atoms with E-state index in [-0.39, 0.29) is 6.42 Å². The van der Waals surface area contributed by atoms with Gasteiger partial charge in [0.25, 0.3) is 0 Å². The molecule has 8 atom stereocenters. The molecule has 1 saturated carbocycles. The third-order valence-electron chi connectivity index (χ3n) is 5.25. The first-order valence-corrected chi connectivity index (χ1v) is 9.23. The zero-order valence-electron chi connectivity index (χ0n) is 16.2. The molecule has 156 valence electrons. The summed E-state index contributed by atoms with van der Waals surface area (Å²) >= 11 is 0. The minimum absolute atomic E-state index is 0.217. The van der Waals surface area contributed by atoms with E-state index in [1.165, 1.54) is 0 Å². The van der Waals surface area contributed by atoms with Crippen molar-refractivity contribution < 1.29 is 40.1 Å². The number of rotatable bonds is 4. The van der Waals surface area contributed by atoms with Crippen molar-refractivity contribution in [1.29, 1.82) is 0 Å². The highest BCUT2D eigenvalue weighted by Crippen LogP contribution is 2.45. The lowest BCUT2D eigenvalue weighted by molar-refractivity contribution is -0.306. The highest BCUT2D eigenvalue weighted by atomic mass is 16.7. The fraction of sp³-hybridized carbons (Fsp3) is 0.842. The summed E-state index contributed by atoms with van der Waals surface area (Å²) in [5.41, 5.74) is 2.06. The molecule has 0 spiro atoms. The molecule has 8 heteroatoms. The summed E-state index contributed by atoms with van der Waals surface area (Å²) in [6.07, 6.45) is -5.60. The Bertz CT molecular complexity index is 558. The van der Waals surface area contributed by atoms with Gasteiger partial charge in [-0.3, -0.25) is 0 Å². The topological polar surface area (TPSA) is 140 Å². The molecule has 2 fully saturated rings. The highest BCUT2D eigenvalue weighted by molar-refractivity contribution is 5.26. The quantitative estimate of drug-likeness (QED) is 0.344. The van der Waals surface area contributed by atoms with E-state index in [1.54, 1.807) is 19.9 Å². The lowest BCUT2D eigenvalue weighted by Crippen LogP contribution is -2.59. The molecule has 3 unspecified atom stereocenters. The van der Waals surface area contributed by atoms with Gasteiger partial charge >= 0.3 is 0 Å². The molecule has 1 heterocycles. The third-order valence-corrected chi connectivity index (χ3v) is 5.25. The summed E-state index contributed by atoms with van der Waals surface area (Å²) in [6, 6.07) is 0. The first-order valence-electron chi connectivity index (χ1n) is 9.23. The Balaban J connectivity index is 2.16. The van der Waals surface area contributed by atoms with Crippen LogP contribution in [-0.2, 0) is 9.47 Å². The van der Waals surface area contributed by atoms with Gasteiger partial charge in [-0.15, -0.1) is 5.73 Å². The van der Waals surface area contributed by atoms with Gasteiger partial charge in [0.2, 0.25) is 0 Å². The maximum atomic E-state index is 10.7. The predicted octanol–water partition coefficient (Wildman–Crippen LogP) is -0.795. The van der Waals surface area contributed by atoms with E-state index in [2.05, 4.69) is 5.73 Å². The molecule has 1 saturated heterocycles. The highest BCUT2D eigenvalue weighted by Gasteiger charge is 2.45. The Morgan fingerprint density at radius 1 is 1.15 bits per heavy atom. The smallest absolute Gasteiger partial charge is 0.187 e. The molecule has 6 N–H and O–H groups in total. The molecule has 0 aromatic carbocycles. The van der Waals surface area contributed by atoms with Gasteiger partial charge in [0.15, 0.2) is 6.29 Å². The van der Waals surface area contributed by atoms with Gasteiger partial charge < -0.3 is 40.1 Å². The van der Waals surface area contributed by atoms with E-state index >= 15 is 0 Å². The van der Waals surface area contributed by atoms with Crippen LogP contribution in [-0.4, -0.2) is 85.8 Å². The average Bonchev–Trinajstić information content (AvgIpc) is 2.52. The van der Waals surface area contributed by atoms with Gasteiger partial charge in [-0.05, 0) is 31.8 Å². The zero-order valence-corrected chi connectivity index (χ0v) is 16.2. The number of ether oxygens (including phenoxy) is 2. The van der Waals surface area contributed by atoms with Crippen molar-refractivity contribution in [3.63, 3.8) is 0 Å². The predicted molar refractivity (Wildman–Crippen MR) is 95.6 cm³/mol. The van der Waals surface area contributed by atoms with Crippen LogP contribution in [0.3, 0.4) is 0 Å². The molecule has 0 bridgehead atoms. The zero-order chi connectivity index (χ0) is 20.6. The van der Waals surface area contributed by atoms with E-state index < -0.39 is 60.5 Å². The van der Waals surface area contributed by atoms with Crippen LogP contribution in [0.1, 0.15) is 40.5 Å². The second-order valence-electron chi connectivity index (χ2n) is 8.44. The molecule has 1 aliphatic heterocycles. The van der Waals surface area contributed by atoms with Crippen molar-refractivity contribution in [3.05, 3.63) is 17.4 Å². The molecule has 0 aromatic rings. The number of aliphatic hydroxyl groups is 6. The van der Waals surface area contributed by atoms with Gasteiger partial charge in [0.05, 0.1) is 24.4 Å². The van der Waals surface area contributed by atoms with Crippen molar-refractivity contribution in [1.82, 2.24) is 0 Å². The minimum atomic E-state index is -1.50. The van der Waals surface area contributed by atoms with Gasteiger partial charge in [0.1, 0.15) is 24.4 Å². The average molecular weight is 388 g/mol. The summed E-state index contributed by atoms with van der Waals surface area (Å²) in [7, 11) is 0. The normalized spacial score (nSPS) is 43.1. The molecule has 0 amide bonds.